The van der Waals surface area contributed by atoms with Gasteiger partial charge in [0.05, 0.1) is 11.0 Å². The molecule has 0 aliphatic carbocycles. The molecule has 0 fully saturated rings. The zero-order valence-electron chi connectivity index (χ0n) is 6.55. The third kappa shape index (κ3) is 2.12. The maximum Gasteiger partial charge on any atom is 0.273 e. The largest absolute Gasteiger partial charge is 0.506 e. The first kappa shape index (κ1) is 10.7. The van der Waals surface area contributed by atoms with Gasteiger partial charge in [-0.1, -0.05) is 0 Å². The third-order valence-electron chi connectivity index (χ3n) is 1.42. The van der Waals surface area contributed by atoms with Crippen LogP contribution in [0.25, 0.3) is 0 Å². The minimum absolute atomic E-state index is 0.411. The van der Waals surface area contributed by atoms with E-state index >= 15 is 0 Å². The summed E-state index contributed by atoms with van der Waals surface area (Å²) in [5, 5.41) is 19.3. The van der Waals surface area contributed by atoms with Crippen molar-refractivity contribution in [3.8, 4) is 5.75 Å². The Bertz CT molecular complexity index is 483. The molecule has 8 heteroatoms. The lowest BCUT2D eigenvalue weighted by Gasteiger charge is -1.99. The Hall–Kier alpha value is -1.34. The van der Waals surface area contributed by atoms with Crippen LogP contribution in [0.1, 0.15) is 0 Å². The number of nitro benzene ring substituents is 1. The normalized spacial score (nSPS) is 11.2. The molecule has 1 aromatic carbocycles. The molecule has 0 heterocycles. The zero-order chi connectivity index (χ0) is 10.9. The molecule has 0 radical (unpaired) electrons. The summed E-state index contributed by atoms with van der Waals surface area (Å²) in [6.45, 7) is 0. The van der Waals surface area contributed by atoms with Gasteiger partial charge >= 0.3 is 0 Å². The summed E-state index contributed by atoms with van der Waals surface area (Å²) < 4.78 is 21.5. The van der Waals surface area contributed by atoms with Crippen LogP contribution >= 0.6 is 10.7 Å². The van der Waals surface area contributed by atoms with Crippen molar-refractivity contribution in [1.82, 2.24) is 0 Å². The highest BCUT2D eigenvalue weighted by Gasteiger charge is 2.18. The second kappa shape index (κ2) is 3.43. The Kier molecular flexibility index (Phi) is 2.63. The number of aromatic hydroxyl groups is 1. The number of hydrogen-bond donors (Lipinski definition) is 1. The molecule has 0 atom stereocenters. The van der Waals surface area contributed by atoms with E-state index in [0.29, 0.717) is 0 Å². The molecule has 0 saturated heterocycles. The highest BCUT2D eigenvalue weighted by Crippen LogP contribution is 2.29. The number of hydrogen-bond acceptors (Lipinski definition) is 5. The van der Waals surface area contributed by atoms with E-state index in [9.17, 15) is 18.5 Å². The quantitative estimate of drug-likeness (QED) is 0.474. The van der Waals surface area contributed by atoms with Gasteiger partial charge in [0, 0.05) is 16.7 Å². The number of phenols is 1. The van der Waals surface area contributed by atoms with Gasteiger partial charge in [0.1, 0.15) is 10.6 Å². The Morgan fingerprint density at radius 2 is 2.00 bits per heavy atom. The van der Waals surface area contributed by atoms with E-state index in [4.69, 9.17) is 15.8 Å². The number of nitro groups is 1. The van der Waals surface area contributed by atoms with Crippen LogP contribution in [0.15, 0.2) is 23.1 Å². The fraction of sp³-hybridized carbons (Fsp3) is 0. The summed E-state index contributed by atoms with van der Waals surface area (Å²) >= 11 is 0. The summed E-state index contributed by atoms with van der Waals surface area (Å²) in [7, 11) is 0.862. The second-order valence-electron chi connectivity index (χ2n) is 2.35. The molecule has 1 N–H and O–H groups in total. The van der Waals surface area contributed by atoms with E-state index in [2.05, 4.69) is 0 Å². The molecule has 0 aliphatic heterocycles. The van der Waals surface area contributed by atoms with Crippen molar-refractivity contribution in [3.63, 3.8) is 0 Å². The maximum atomic E-state index is 10.8. The van der Waals surface area contributed by atoms with Gasteiger partial charge in [-0.3, -0.25) is 10.1 Å². The van der Waals surface area contributed by atoms with Crippen molar-refractivity contribution in [1.29, 1.82) is 0 Å². The van der Waals surface area contributed by atoms with Crippen LogP contribution in [-0.4, -0.2) is 18.4 Å². The maximum absolute atomic E-state index is 10.8. The van der Waals surface area contributed by atoms with E-state index < -0.39 is 30.3 Å². The number of rotatable bonds is 2. The molecule has 14 heavy (non-hydrogen) atoms. The van der Waals surface area contributed by atoms with Crippen molar-refractivity contribution in [2.75, 3.05) is 0 Å². The van der Waals surface area contributed by atoms with E-state index in [1.807, 2.05) is 0 Å². The number of nitrogens with zero attached hydrogens (tertiary/aromatic N) is 1. The van der Waals surface area contributed by atoms with E-state index in [1.165, 1.54) is 0 Å². The smallest absolute Gasteiger partial charge is 0.273 e. The second-order valence-corrected chi connectivity index (χ2v) is 4.88. The van der Waals surface area contributed by atoms with Crippen molar-refractivity contribution < 1.29 is 18.4 Å². The minimum atomic E-state index is -4.08. The molecule has 0 unspecified atom stereocenters. The van der Waals surface area contributed by atoms with E-state index in [-0.39, 0.29) is 0 Å². The molecule has 0 aromatic heterocycles. The molecule has 0 amide bonds. The first-order valence-corrected chi connectivity index (χ1v) is 5.55. The topological polar surface area (TPSA) is 97.5 Å². The van der Waals surface area contributed by atoms with Crippen molar-refractivity contribution in [2.24, 2.45) is 0 Å². The molecule has 76 valence electrons. The highest BCUT2D eigenvalue weighted by molar-refractivity contribution is 8.13. The van der Waals surface area contributed by atoms with Crippen LogP contribution in [0.5, 0.6) is 5.75 Å². The SMILES string of the molecule is O=[N+]([O-])c1ccc(S(=O)(=O)Cl)c(O)c1. The van der Waals surface area contributed by atoms with E-state index in [1.54, 1.807) is 0 Å². The van der Waals surface area contributed by atoms with Crippen LogP contribution in [0.3, 0.4) is 0 Å². The van der Waals surface area contributed by atoms with Crippen molar-refractivity contribution in [3.05, 3.63) is 28.3 Å². The predicted octanol–water partition coefficient (Wildman–Crippen LogP) is 1.23. The molecule has 1 rings (SSSR count). The first-order chi connectivity index (χ1) is 6.32. The number of benzene rings is 1. The fourth-order valence-corrected chi connectivity index (χ4v) is 1.76. The molecule has 0 bridgehead atoms. The summed E-state index contributed by atoms with van der Waals surface area (Å²) in [4.78, 5) is 8.92. The Morgan fingerprint density at radius 3 is 2.36 bits per heavy atom. The Balaban J connectivity index is 3.35. The third-order valence-corrected chi connectivity index (χ3v) is 2.79. The number of non-ortho nitro benzene ring substituents is 1. The fourth-order valence-electron chi connectivity index (χ4n) is 0.826. The van der Waals surface area contributed by atoms with Gasteiger partial charge in [-0.05, 0) is 6.07 Å². The molecular formula is C6H4ClNO5S. The van der Waals surface area contributed by atoms with Gasteiger partial charge in [0.2, 0.25) is 0 Å². The minimum Gasteiger partial charge on any atom is -0.506 e. The summed E-state index contributed by atoms with van der Waals surface area (Å²) in [5.41, 5.74) is -0.411. The van der Waals surface area contributed by atoms with Crippen LogP contribution in [0.2, 0.25) is 0 Å². The highest BCUT2D eigenvalue weighted by atomic mass is 35.7. The molecule has 1 aromatic rings. The molecule has 0 spiro atoms. The van der Waals surface area contributed by atoms with Gasteiger partial charge in [-0.2, -0.15) is 0 Å². The summed E-state index contributed by atoms with van der Waals surface area (Å²) in [6.07, 6.45) is 0. The van der Waals surface area contributed by atoms with Gasteiger partial charge in [0.25, 0.3) is 14.7 Å². The predicted molar refractivity (Wildman–Crippen MR) is 47.8 cm³/mol. The van der Waals surface area contributed by atoms with Gasteiger partial charge in [-0.15, -0.1) is 0 Å². The number of phenolic OH excluding ortho intramolecular Hbond substituents is 1. The lowest BCUT2D eigenvalue weighted by Crippen LogP contribution is -1.93. The Labute approximate surface area is 83.3 Å². The summed E-state index contributed by atoms with van der Waals surface area (Å²) in [5.74, 6) is -0.741. The standard InChI is InChI=1S/C6H4ClNO5S/c7-14(12,13)6-2-1-4(8(10)11)3-5(6)9/h1-3,9H. The zero-order valence-corrected chi connectivity index (χ0v) is 8.12. The van der Waals surface area contributed by atoms with Crippen LogP contribution in [0, 0.1) is 10.1 Å². The van der Waals surface area contributed by atoms with Gasteiger partial charge in [-0.25, -0.2) is 8.42 Å². The molecular weight excluding hydrogens is 234 g/mol. The molecule has 0 saturated carbocycles. The average Bonchev–Trinajstić information content (AvgIpc) is 2.01. The van der Waals surface area contributed by atoms with Gasteiger partial charge < -0.3 is 5.11 Å². The van der Waals surface area contributed by atoms with Crippen LogP contribution < -0.4 is 0 Å². The van der Waals surface area contributed by atoms with Crippen molar-refractivity contribution in [2.45, 2.75) is 4.90 Å². The van der Waals surface area contributed by atoms with Gasteiger partial charge in [0.15, 0.2) is 0 Å². The molecule has 6 nitrogen and oxygen atoms in total. The van der Waals surface area contributed by atoms with Crippen molar-refractivity contribution >= 4 is 25.4 Å². The van der Waals surface area contributed by atoms with Crippen LogP contribution in [-0.2, 0) is 9.05 Å². The average molecular weight is 238 g/mol. The van der Waals surface area contributed by atoms with E-state index in [0.717, 1.165) is 18.2 Å². The Morgan fingerprint density at radius 1 is 1.43 bits per heavy atom. The summed E-state index contributed by atoms with van der Waals surface area (Å²) in [6, 6.07) is 2.53. The monoisotopic (exact) mass is 237 g/mol. The lowest BCUT2D eigenvalue weighted by atomic mass is 10.3. The van der Waals surface area contributed by atoms with Crippen LogP contribution in [0.4, 0.5) is 5.69 Å². The first-order valence-electron chi connectivity index (χ1n) is 3.24. The lowest BCUT2D eigenvalue weighted by molar-refractivity contribution is -0.385. The molecule has 0 aliphatic rings. The number of halogens is 1.